The summed E-state index contributed by atoms with van der Waals surface area (Å²) in [4.78, 5) is 26.4. The van der Waals surface area contributed by atoms with E-state index in [2.05, 4.69) is 0 Å². The summed E-state index contributed by atoms with van der Waals surface area (Å²) in [6, 6.07) is 4.81. The summed E-state index contributed by atoms with van der Waals surface area (Å²) in [5.74, 6) is -0.333. The van der Waals surface area contributed by atoms with E-state index in [4.69, 9.17) is 0 Å². The SMILES string of the molecule is CCN(CC)C(=O)c1ccc2c(c1)S(=O)N(CC)C2=O. The lowest BCUT2D eigenvalue weighted by Gasteiger charge is -2.18. The maximum absolute atomic E-state index is 12.3. The van der Waals surface area contributed by atoms with Gasteiger partial charge in [0.1, 0.15) is 0 Å². The van der Waals surface area contributed by atoms with Crippen molar-refractivity contribution in [1.29, 1.82) is 0 Å². The van der Waals surface area contributed by atoms with Gasteiger partial charge in [-0.1, -0.05) is 0 Å². The van der Waals surface area contributed by atoms with Crippen LogP contribution in [0, 0.1) is 0 Å². The van der Waals surface area contributed by atoms with Gasteiger partial charge in [-0.3, -0.25) is 13.9 Å². The van der Waals surface area contributed by atoms with E-state index in [0.29, 0.717) is 35.7 Å². The molecular formula is C14H18N2O3S. The molecule has 1 aromatic rings. The molecule has 1 aliphatic heterocycles. The first kappa shape index (κ1) is 14.7. The first-order chi connectivity index (χ1) is 9.54. The Balaban J connectivity index is 2.40. The van der Waals surface area contributed by atoms with Gasteiger partial charge in [0.2, 0.25) is 0 Å². The van der Waals surface area contributed by atoms with Gasteiger partial charge in [0, 0.05) is 25.2 Å². The zero-order valence-corrected chi connectivity index (χ0v) is 12.7. The summed E-state index contributed by atoms with van der Waals surface area (Å²) in [5, 5.41) is 0. The van der Waals surface area contributed by atoms with E-state index in [1.54, 1.807) is 30.0 Å². The fourth-order valence-corrected chi connectivity index (χ4v) is 3.55. The molecule has 0 fully saturated rings. The maximum atomic E-state index is 12.3. The lowest BCUT2D eigenvalue weighted by molar-refractivity contribution is 0.0771. The smallest absolute Gasteiger partial charge is 0.267 e. The third-order valence-electron chi connectivity index (χ3n) is 3.41. The van der Waals surface area contributed by atoms with Crippen LogP contribution in [0.1, 0.15) is 41.5 Å². The normalized spacial score (nSPS) is 17.2. The van der Waals surface area contributed by atoms with E-state index >= 15 is 0 Å². The molecule has 1 aromatic carbocycles. The Bertz CT molecular complexity index is 582. The molecule has 1 heterocycles. The van der Waals surface area contributed by atoms with Crippen LogP contribution in [0.15, 0.2) is 23.1 Å². The molecule has 20 heavy (non-hydrogen) atoms. The lowest BCUT2D eigenvalue weighted by Crippen LogP contribution is -2.30. The molecule has 1 unspecified atom stereocenters. The van der Waals surface area contributed by atoms with Gasteiger partial charge < -0.3 is 4.90 Å². The second-order valence-electron chi connectivity index (χ2n) is 4.44. The van der Waals surface area contributed by atoms with E-state index < -0.39 is 11.0 Å². The number of nitrogens with zero attached hydrogens (tertiary/aromatic N) is 2. The van der Waals surface area contributed by atoms with Crippen molar-refractivity contribution in [3.8, 4) is 0 Å². The average Bonchev–Trinajstić information content (AvgIpc) is 2.71. The van der Waals surface area contributed by atoms with Gasteiger partial charge >= 0.3 is 0 Å². The van der Waals surface area contributed by atoms with E-state index in [1.807, 2.05) is 13.8 Å². The number of hydrogen-bond donors (Lipinski definition) is 0. The van der Waals surface area contributed by atoms with Crippen LogP contribution in [0.3, 0.4) is 0 Å². The largest absolute Gasteiger partial charge is 0.339 e. The molecular weight excluding hydrogens is 276 g/mol. The molecule has 108 valence electrons. The molecule has 0 radical (unpaired) electrons. The molecule has 0 aromatic heterocycles. The van der Waals surface area contributed by atoms with E-state index in [1.165, 1.54) is 4.31 Å². The molecule has 1 aliphatic rings. The quantitative estimate of drug-likeness (QED) is 0.848. The molecule has 0 saturated carbocycles. The van der Waals surface area contributed by atoms with Crippen LogP contribution >= 0.6 is 0 Å². The fraction of sp³-hybridized carbons (Fsp3) is 0.429. The van der Waals surface area contributed by atoms with Crippen molar-refractivity contribution in [3.05, 3.63) is 29.3 Å². The van der Waals surface area contributed by atoms with Crippen molar-refractivity contribution in [2.45, 2.75) is 25.7 Å². The zero-order valence-electron chi connectivity index (χ0n) is 11.9. The highest BCUT2D eigenvalue weighted by atomic mass is 32.2. The Hall–Kier alpha value is -1.69. The maximum Gasteiger partial charge on any atom is 0.267 e. The van der Waals surface area contributed by atoms with Crippen molar-refractivity contribution in [2.24, 2.45) is 0 Å². The highest BCUT2D eigenvalue weighted by Gasteiger charge is 2.34. The van der Waals surface area contributed by atoms with Crippen LogP contribution in [-0.4, -0.2) is 44.9 Å². The number of carbonyl (C=O) groups is 2. The van der Waals surface area contributed by atoms with Crippen LogP contribution in [-0.2, 0) is 11.0 Å². The highest BCUT2D eigenvalue weighted by molar-refractivity contribution is 7.84. The van der Waals surface area contributed by atoms with Gasteiger partial charge in [-0.25, -0.2) is 4.21 Å². The average molecular weight is 294 g/mol. The van der Waals surface area contributed by atoms with Crippen molar-refractivity contribution in [2.75, 3.05) is 19.6 Å². The summed E-state index contributed by atoms with van der Waals surface area (Å²) in [5.41, 5.74) is 0.910. The van der Waals surface area contributed by atoms with Gasteiger partial charge in [-0.05, 0) is 39.0 Å². The van der Waals surface area contributed by atoms with E-state index in [9.17, 15) is 13.8 Å². The monoisotopic (exact) mass is 294 g/mol. The van der Waals surface area contributed by atoms with Gasteiger partial charge in [0.05, 0.1) is 10.5 Å². The Morgan fingerprint density at radius 1 is 1.25 bits per heavy atom. The van der Waals surface area contributed by atoms with E-state index in [0.717, 1.165) is 0 Å². The topological polar surface area (TPSA) is 57.7 Å². The van der Waals surface area contributed by atoms with Gasteiger partial charge in [0.25, 0.3) is 11.8 Å². The summed E-state index contributed by atoms with van der Waals surface area (Å²) in [6.45, 7) is 7.23. The number of carbonyl (C=O) groups excluding carboxylic acids is 2. The van der Waals surface area contributed by atoms with Crippen molar-refractivity contribution >= 4 is 22.8 Å². The summed E-state index contributed by atoms with van der Waals surface area (Å²) < 4.78 is 13.5. The fourth-order valence-electron chi connectivity index (χ4n) is 2.26. The number of hydrogen-bond acceptors (Lipinski definition) is 3. The Morgan fingerprint density at radius 3 is 2.45 bits per heavy atom. The predicted octanol–water partition coefficient (Wildman–Crippen LogP) is 1.67. The first-order valence-corrected chi connectivity index (χ1v) is 7.82. The second kappa shape index (κ2) is 5.75. The molecule has 0 saturated heterocycles. The van der Waals surface area contributed by atoms with Crippen LogP contribution in [0.5, 0.6) is 0 Å². The molecule has 1 atom stereocenters. The van der Waals surface area contributed by atoms with Crippen molar-refractivity contribution in [3.63, 3.8) is 0 Å². The van der Waals surface area contributed by atoms with E-state index in [-0.39, 0.29) is 11.8 Å². The Kier molecular flexibility index (Phi) is 4.23. The standard InChI is InChI=1S/C14H18N2O3S/c1-4-15(5-2)13(17)10-7-8-11-12(9-10)20(19)16(6-3)14(11)18/h7-9H,4-6H2,1-3H3. The summed E-state index contributed by atoms with van der Waals surface area (Å²) >= 11 is 0. The van der Waals surface area contributed by atoms with Gasteiger partial charge in [-0.2, -0.15) is 0 Å². The summed E-state index contributed by atoms with van der Waals surface area (Å²) in [7, 11) is -1.50. The number of fused-ring (bicyclic) bond motifs is 1. The molecule has 2 amide bonds. The number of rotatable bonds is 4. The highest BCUT2D eigenvalue weighted by Crippen LogP contribution is 2.28. The number of amides is 2. The predicted molar refractivity (Wildman–Crippen MR) is 76.8 cm³/mol. The van der Waals surface area contributed by atoms with Gasteiger partial charge in [0.15, 0.2) is 11.0 Å². The molecule has 0 N–H and O–H groups in total. The molecule has 0 spiro atoms. The minimum absolute atomic E-state index is 0.0998. The molecule has 0 aliphatic carbocycles. The molecule has 0 bridgehead atoms. The minimum atomic E-state index is -1.50. The van der Waals surface area contributed by atoms with Gasteiger partial charge in [-0.15, -0.1) is 0 Å². The Labute approximate surface area is 121 Å². The van der Waals surface area contributed by atoms with Crippen LogP contribution in [0.25, 0.3) is 0 Å². The van der Waals surface area contributed by atoms with Crippen molar-refractivity contribution in [1.82, 2.24) is 9.21 Å². The molecule has 6 heteroatoms. The minimum Gasteiger partial charge on any atom is -0.339 e. The lowest BCUT2D eigenvalue weighted by atomic mass is 10.1. The summed E-state index contributed by atoms with van der Waals surface area (Å²) in [6.07, 6.45) is 0. The van der Waals surface area contributed by atoms with Crippen LogP contribution in [0.4, 0.5) is 0 Å². The second-order valence-corrected chi connectivity index (χ2v) is 5.82. The van der Waals surface area contributed by atoms with Crippen LogP contribution in [0.2, 0.25) is 0 Å². The van der Waals surface area contributed by atoms with Crippen LogP contribution < -0.4 is 0 Å². The Morgan fingerprint density at radius 2 is 1.90 bits per heavy atom. The zero-order chi connectivity index (χ0) is 14.9. The third-order valence-corrected chi connectivity index (χ3v) is 4.95. The number of benzene rings is 1. The molecule has 5 nitrogen and oxygen atoms in total. The third kappa shape index (κ3) is 2.24. The molecule has 2 rings (SSSR count). The first-order valence-electron chi connectivity index (χ1n) is 6.72. The van der Waals surface area contributed by atoms with Crippen molar-refractivity contribution < 1.29 is 13.8 Å².